The molecule has 0 bridgehead atoms. The molecule has 1 aromatic heterocycles. The van der Waals surface area contributed by atoms with Gasteiger partial charge < -0.3 is 10.2 Å². The molecule has 0 amide bonds. The van der Waals surface area contributed by atoms with Gasteiger partial charge >= 0.3 is 0 Å². The maximum atomic E-state index is 5.45. The van der Waals surface area contributed by atoms with Crippen LogP contribution in [0.15, 0.2) is 0 Å². The Morgan fingerprint density at radius 1 is 1.38 bits per heavy atom. The second-order valence-corrected chi connectivity index (χ2v) is 4.20. The van der Waals surface area contributed by atoms with Crippen LogP contribution >= 0.6 is 0 Å². The smallest absolute Gasteiger partial charge is 0.146 e. The van der Waals surface area contributed by atoms with Crippen molar-refractivity contribution in [3.63, 3.8) is 0 Å². The lowest BCUT2D eigenvalue weighted by Gasteiger charge is -2.22. The van der Waals surface area contributed by atoms with Gasteiger partial charge in [-0.05, 0) is 26.7 Å². The average molecular weight is 222 g/mol. The van der Waals surface area contributed by atoms with E-state index in [9.17, 15) is 0 Å². The maximum absolute atomic E-state index is 5.45. The van der Waals surface area contributed by atoms with Gasteiger partial charge in [-0.1, -0.05) is 0 Å². The van der Waals surface area contributed by atoms with Crippen molar-refractivity contribution in [1.29, 1.82) is 0 Å². The third-order valence-electron chi connectivity index (χ3n) is 3.07. The number of anilines is 1. The molecule has 5 nitrogen and oxygen atoms in total. The monoisotopic (exact) mass is 222 g/mol. The van der Waals surface area contributed by atoms with Crippen LogP contribution in [0.25, 0.3) is 0 Å². The lowest BCUT2D eigenvalue weighted by Crippen LogP contribution is -2.20. The zero-order valence-electron chi connectivity index (χ0n) is 9.79. The molecule has 1 atom stereocenters. The summed E-state index contributed by atoms with van der Waals surface area (Å²) in [5.41, 5.74) is 4.60. The Morgan fingerprint density at radius 3 is 2.81 bits per heavy atom. The summed E-state index contributed by atoms with van der Waals surface area (Å²) in [5.74, 6) is 7.31. The summed E-state index contributed by atoms with van der Waals surface area (Å²) in [5, 5.41) is 0. The van der Waals surface area contributed by atoms with Gasteiger partial charge in [-0.2, -0.15) is 0 Å². The van der Waals surface area contributed by atoms with Crippen molar-refractivity contribution in [3.8, 4) is 0 Å². The van der Waals surface area contributed by atoms with Crippen molar-refractivity contribution >= 4 is 5.82 Å². The molecule has 1 aliphatic rings. The first-order valence-electron chi connectivity index (χ1n) is 5.62. The van der Waals surface area contributed by atoms with Crippen LogP contribution in [0.1, 0.15) is 35.8 Å². The van der Waals surface area contributed by atoms with Gasteiger partial charge in [0.1, 0.15) is 11.6 Å². The van der Waals surface area contributed by atoms with Crippen LogP contribution in [0.2, 0.25) is 0 Å². The normalized spacial score (nSPS) is 20.8. The lowest BCUT2D eigenvalue weighted by molar-refractivity contribution is 0.0780. The number of aryl methyl sites for hydroxylation is 1. The van der Waals surface area contributed by atoms with E-state index in [1.54, 1.807) is 0 Å². The number of nitrogen functional groups attached to an aromatic ring is 1. The summed E-state index contributed by atoms with van der Waals surface area (Å²) >= 11 is 0. The number of nitrogens with one attached hydrogen (secondary N) is 1. The summed E-state index contributed by atoms with van der Waals surface area (Å²) < 4.78 is 5.45. The van der Waals surface area contributed by atoms with Crippen LogP contribution in [-0.2, 0) is 4.74 Å². The molecular weight excluding hydrogens is 204 g/mol. The van der Waals surface area contributed by atoms with Crippen molar-refractivity contribution in [1.82, 2.24) is 9.97 Å². The summed E-state index contributed by atoms with van der Waals surface area (Å²) in [7, 11) is 0. The summed E-state index contributed by atoms with van der Waals surface area (Å²) in [6, 6.07) is 0. The fourth-order valence-electron chi connectivity index (χ4n) is 1.92. The number of hydrazine groups is 1. The molecule has 1 aliphatic heterocycles. The van der Waals surface area contributed by atoms with Gasteiger partial charge in [-0.15, -0.1) is 0 Å². The van der Waals surface area contributed by atoms with Gasteiger partial charge in [0.25, 0.3) is 0 Å². The van der Waals surface area contributed by atoms with Crippen LogP contribution < -0.4 is 11.3 Å². The van der Waals surface area contributed by atoms with Crippen molar-refractivity contribution in [2.24, 2.45) is 5.84 Å². The SMILES string of the molecule is Cc1nc(C2CCCOC2)nc(NN)c1C. The second kappa shape index (κ2) is 4.76. The largest absolute Gasteiger partial charge is 0.381 e. The molecule has 1 unspecified atom stereocenters. The van der Waals surface area contributed by atoms with E-state index in [0.717, 1.165) is 36.5 Å². The number of hydrogen-bond acceptors (Lipinski definition) is 5. The van der Waals surface area contributed by atoms with Crippen molar-refractivity contribution in [3.05, 3.63) is 17.1 Å². The Balaban J connectivity index is 2.29. The third kappa shape index (κ3) is 2.15. The van der Waals surface area contributed by atoms with E-state index >= 15 is 0 Å². The van der Waals surface area contributed by atoms with Crippen LogP contribution in [0.4, 0.5) is 5.82 Å². The van der Waals surface area contributed by atoms with E-state index in [-0.39, 0.29) is 0 Å². The highest BCUT2D eigenvalue weighted by atomic mass is 16.5. The van der Waals surface area contributed by atoms with E-state index in [0.29, 0.717) is 18.3 Å². The molecule has 16 heavy (non-hydrogen) atoms. The van der Waals surface area contributed by atoms with Crippen molar-refractivity contribution < 1.29 is 4.74 Å². The molecule has 2 rings (SSSR count). The van der Waals surface area contributed by atoms with Gasteiger partial charge in [-0.3, -0.25) is 0 Å². The third-order valence-corrected chi connectivity index (χ3v) is 3.07. The van der Waals surface area contributed by atoms with Crippen LogP contribution in [-0.4, -0.2) is 23.2 Å². The number of ether oxygens (including phenoxy) is 1. The molecule has 0 aromatic carbocycles. The number of rotatable bonds is 2. The maximum Gasteiger partial charge on any atom is 0.146 e. The Hall–Kier alpha value is -1.20. The summed E-state index contributed by atoms with van der Waals surface area (Å²) in [4.78, 5) is 8.97. The zero-order chi connectivity index (χ0) is 11.5. The zero-order valence-corrected chi connectivity index (χ0v) is 9.79. The molecule has 88 valence electrons. The number of nitrogens with zero attached hydrogens (tertiary/aromatic N) is 2. The molecule has 3 N–H and O–H groups in total. The Bertz CT molecular complexity index is 374. The van der Waals surface area contributed by atoms with Crippen molar-refractivity contribution in [2.75, 3.05) is 18.6 Å². The van der Waals surface area contributed by atoms with Gasteiger partial charge in [0.15, 0.2) is 0 Å². The highest BCUT2D eigenvalue weighted by Gasteiger charge is 2.20. The Morgan fingerprint density at radius 2 is 2.19 bits per heavy atom. The molecule has 1 aromatic rings. The summed E-state index contributed by atoms with van der Waals surface area (Å²) in [6.45, 7) is 5.51. The standard InChI is InChI=1S/C11H18N4O/c1-7-8(2)13-11(14-10(7)15-12)9-4-3-5-16-6-9/h9H,3-6,12H2,1-2H3,(H,13,14,15). The Labute approximate surface area is 95.4 Å². The first-order chi connectivity index (χ1) is 7.72. The molecule has 1 fully saturated rings. The minimum absolute atomic E-state index is 0.306. The first kappa shape index (κ1) is 11.3. The number of aromatic nitrogens is 2. The quantitative estimate of drug-likeness (QED) is 0.582. The molecule has 0 saturated carbocycles. The Kier molecular flexibility index (Phi) is 3.36. The van der Waals surface area contributed by atoms with E-state index < -0.39 is 0 Å². The van der Waals surface area contributed by atoms with Crippen LogP contribution in [0, 0.1) is 13.8 Å². The minimum Gasteiger partial charge on any atom is -0.381 e. The highest BCUT2D eigenvalue weighted by molar-refractivity contribution is 5.44. The fraction of sp³-hybridized carbons (Fsp3) is 0.636. The predicted octanol–water partition coefficient (Wildman–Crippen LogP) is 1.27. The lowest BCUT2D eigenvalue weighted by atomic mass is 10.0. The van der Waals surface area contributed by atoms with Crippen molar-refractivity contribution in [2.45, 2.75) is 32.6 Å². The molecule has 0 aliphatic carbocycles. The molecule has 2 heterocycles. The first-order valence-corrected chi connectivity index (χ1v) is 5.62. The minimum atomic E-state index is 0.306. The molecule has 5 heteroatoms. The van der Waals surface area contributed by atoms with Gasteiger partial charge in [0, 0.05) is 23.8 Å². The molecule has 1 saturated heterocycles. The number of nitrogens with two attached hydrogens (primary N) is 1. The second-order valence-electron chi connectivity index (χ2n) is 4.20. The average Bonchev–Trinajstić information content (AvgIpc) is 2.33. The molecule has 0 spiro atoms. The topological polar surface area (TPSA) is 73.1 Å². The van der Waals surface area contributed by atoms with E-state index in [1.807, 2.05) is 13.8 Å². The van der Waals surface area contributed by atoms with Gasteiger partial charge in [0.05, 0.1) is 6.61 Å². The van der Waals surface area contributed by atoms with E-state index in [1.165, 1.54) is 0 Å². The molecule has 0 radical (unpaired) electrons. The summed E-state index contributed by atoms with van der Waals surface area (Å²) in [6.07, 6.45) is 2.17. The van der Waals surface area contributed by atoms with Gasteiger partial charge in [0.2, 0.25) is 0 Å². The molecular formula is C11H18N4O. The fourth-order valence-corrected chi connectivity index (χ4v) is 1.92. The highest BCUT2D eigenvalue weighted by Crippen LogP contribution is 2.25. The van der Waals surface area contributed by atoms with Gasteiger partial charge in [-0.25, -0.2) is 15.8 Å². The van der Waals surface area contributed by atoms with Crippen LogP contribution in [0.3, 0.4) is 0 Å². The van der Waals surface area contributed by atoms with E-state index in [2.05, 4.69) is 15.4 Å². The van der Waals surface area contributed by atoms with E-state index in [4.69, 9.17) is 10.6 Å². The predicted molar refractivity (Wildman–Crippen MR) is 62.1 cm³/mol. The number of hydrogen-bond donors (Lipinski definition) is 2. The van der Waals surface area contributed by atoms with Crippen LogP contribution in [0.5, 0.6) is 0 Å².